The van der Waals surface area contributed by atoms with Crippen LogP contribution in [-0.2, 0) is 13.2 Å². The number of nitrogens with one attached hydrogen (secondary N) is 1. The van der Waals surface area contributed by atoms with Gasteiger partial charge in [0.2, 0.25) is 0 Å². The number of rotatable bonds is 4. The highest BCUT2D eigenvalue weighted by atomic mass is 19.2. The average Bonchev–Trinajstić information content (AvgIpc) is 3.03. The zero-order chi connectivity index (χ0) is 16.4. The Morgan fingerprint density at radius 3 is 2.78 bits per heavy atom. The minimum atomic E-state index is -0.974. The summed E-state index contributed by atoms with van der Waals surface area (Å²) in [5.41, 5.74) is 1.36. The molecule has 118 valence electrons. The molecular weight excluding hydrogens is 306 g/mol. The number of fused-ring (bicyclic) bond motifs is 1. The number of carbonyl (C=O) groups excluding carboxylic acids is 1. The van der Waals surface area contributed by atoms with E-state index in [1.807, 2.05) is 0 Å². The summed E-state index contributed by atoms with van der Waals surface area (Å²) in [5, 5.41) is 15.9. The van der Waals surface area contributed by atoms with E-state index in [0.29, 0.717) is 16.9 Å². The molecule has 2 heterocycles. The maximum atomic E-state index is 13.1. The highest BCUT2D eigenvalue weighted by Gasteiger charge is 2.12. The monoisotopic (exact) mass is 318 g/mol. The molecule has 1 amide bonds. The molecule has 0 spiro atoms. The van der Waals surface area contributed by atoms with Gasteiger partial charge in [-0.3, -0.25) is 4.79 Å². The summed E-state index contributed by atoms with van der Waals surface area (Å²) in [6.07, 6.45) is 1.50. The van der Waals surface area contributed by atoms with E-state index in [0.717, 1.165) is 12.1 Å². The van der Waals surface area contributed by atoms with E-state index in [2.05, 4.69) is 15.4 Å². The first-order chi connectivity index (χ1) is 11.1. The third kappa shape index (κ3) is 3.02. The third-order valence-corrected chi connectivity index (χ3v) is 3.26. The largest absolute Gasteiger partial charge is 0.390 e. The van der Waals surface area contributed by atoms with E-state index >= 15 is 0 Å². The predicted molar refractivity (Wildman–Crippen MR) is 76.4 cm³/mol. The van der Waals surface area contributed by atoms with Crippen LogP contribution in [0.5, 0.6) is 0 Å². The lowest BCUT2D eigenvalue weighted by molar-refractivity contribution is 0.0945. The van der Waals surface area contributed by atoms with Gasteiger partial charge in [-0.15, -0.1) is 0 Å². The lowest BCUT2D eigenvalue weighted by Crippen LogP contribution is -2.24. The van der Waals surface area contributed by atoms with Gasteiger partial charge in [-0.05, 0) is 23.8 Å². The molecule has 2 aromatic heterocycles. The Bertz CT molecular complexity index is 879. The van der Waals surface area contributed by atoms with Gasteiger partial charge in [0.15, 0.2) is 17.3 Å². The van der Waals surface area contributed by atoms with E-state index in [1.165, 1.54) is 22.8 Å². The minimum Gasteiger partial charge on any atom is -0.390 e. The zero-order valence-electron chi connectivity index (χ0n) is 11.8. The number of amides is 1. The Kier molecular flexibility index (Phi) is 3.98. The van der Waals surface area contributed by atoms with Crippen molar-refractivity contribution in [1.82, 2.24) is 19.9 Å². The Morgan fingerprint density at radius 1 is 1.22 bits per heavy atom. The van der Waals surface area contributed by atoms with Crippen molar-refractivity contribution in [3.05, 3.63) is 65.1 Å². The molecule has 0 radical (unpaired) electrons. The molecule has 3 aromatic rings. The molecule has 23 heavy (non-hydrogen) atoms. The maximum absolute atomic E-state index is 13.1. The molecule has 0 aliphatic rings. The number of benzene rings is 1. The summed E-state index contributed by atoms with van der Waals surface area (Å²) in [6.45, 7) is -0.277. The Hall–Kier alpha value is -2.87. The highest BCUT2D eigenvalue weighted by molar-refractivity contribution is 5.92. The van der Waals surface area contributed by atoms with E-state index in [1.54, 1.807) is 6.07 Å². The summed E-state index contributed by atoms with van der Waals surface area (Å²) < 4.78 is 27.4. The fourth-order valence-corrected chi connectivity index (χ4v) is 2.13. The summed E-state index contributed by atoms with van der Waals surface area (Å²) >= 11 is 0. The zero-order valence-corrected chi connectivity index (χ0v) is 11.8. The molecule has 0 atom stereocenters. The number of aromatic nitrogens is 3. The van der Waals surface area contributed by atoms with Gasteiger partial charge >= 0.3 is 0 Å². The number of carbonyl (C=O) groups is 1. The van der Waals surface area contributed by atoms with E-state index in [-0.39, 0.29) is 18.8 Å². The molecular formula is C15H12F2N4O2. The normalized spacial score (nSPS) is 10.9. The molecule has 0 unspecified atom stereocenters. The number of hydrogen-bond donors (Lipinski definition) is 2. The molecule has 2 N–H and O–H groups in total. The first-order valence-corrected chi connectivity index (χ1v) is 6.75. The van der Waals surface area contributed by atoms with Crippen LogP contribution in [0, 0.1) is 11.6 Å². The van der Waals surface area contributed by atoms with E-state index < -0.39 is 17.5 Å². The van der Waals surface area contributed by atoms with Gasteiger partial charge in [-0.2, -0.15) is 5.10 Å². The van der Waals surface area contributed by atoms with Crippen LogP contribution in [0.4, 0.5) is 8.78 Å². The topological polar surface area (TPSA) is 79.5 Å². The van der Waals surface area contributed by atoms with E-state index in [9.17, 15) is 18.7 Å². The quantitative estimate of drug-likeness (QED) is 0.763. The summed E-state index contributed by atoms with van der Waals surface area (Å²) in [6, 6.07) is 6.41. The minimum absolute atomic E-state index is 0.0244. The third-order valence-electron chi connectivity index (χ3n) is 3.26. The Balaban J connectivity index is 1.79. The maximum Gasteiger partial charge on any atom is 0.270 e. The number of aliphatic hydroxyl groups excluding tert-OH is 1. The molecule has 0 bridgehead atoms. The Labute approximate surface area is 129 Å². The van der Waals surface area contributed by atoms with Crippen LogP contribution in [0.2, 0.25) is 0 Å². The standard InChI is InChI=1S/C15H12F2N4O2/c16-11-2-1-9(5-12(11)17)7-18-15(23)13-6-10(8-22)21-14(20-13)3-4-19-21/h1-6,22H,7-8H2,(H,18,23). The molecule has 0 fully saturated rings. The van der Waals surface area contributed by atoms with Crippen molar-refractivity contribution < 1.29 is 18.7 Å². The lowest BCUT2D eigenvalue weighted by Gasteiger charge is -2.08. The number of nitrogens with zero attached hydrogens (tertiary/aromatic N) is 3. The molecule has 3 rings (SSSR count). The summed E-state index contributed by atoms with van der Waals surface area (Å²) in [4.78, 5) is 16.3. The second kappa shape index (κ2) is 6.09. The van der Waals surface area contributed by atoms with Crippen molar-refractivity contribution in [2.24, 2.45) is 0 Å². The van der Waals surface area contributed by atoms with Crippen molar-refractivity contribution in [2.75, 3.05) is 0 Å². The van der Waals surface area contributed by atoms with Gasteiger partial charge in [-0.1, -0.05) is 6.07 Å². The fraction of sp³-hybridized carbons (Fsp3) is 0.133. The molecule has 0 aliphatic heterocycles. The van der Waals surface area contributed by atoms with Gasteiger partial charge in [0, 0.05) is 12.6 Å². The highest BCUT2D eigenvalue weighted by Crippen LogP contribution is 2.10. The molecule has 1 aromatic carbocycles. The first kappa shape index (κ1) is 15.0. The molecule has 6 nitrogen and oxygen atoms in total. The summed E-state index contributed by atoms with van der Waals surface area (Å²) in [5.74, 6) is -2.41. The van der Waals surface area contributed by atoms with Gasteiger partial charge < -0.3 is 10.4 Å². The lowest BCUT2D eigenvalue weighted by atomic mass is 10.2. The van der Waals surface area contributed by atoms with Crippen molar-refractivity contribution in [1.29, 1.82) is 0 Å². The second-order valence-electron chi connectivity index (χ2n) is 4.82. The van der Waals surface area contributed by atoms with Crippen molar-refractivity contribution in [3.63, 3.8) is 0 Å². The van der Waals surface area contributed by atoms with Crippen LogP contribution in [0.3, 0.4) is 0 Å². The van der Waals surface area contributed by atoms with Crippen LogP contribution in [-0.4, -0.2) is 25.6 Å². The van der Waals surface area contributed by atoms with Crippen LogP contribution >= 0.6 is 0 Å². The van der Waals surface area contributed by atoms with Gasteiger partial charge in [0.05, 0.1) is 18.5 Å². The SMILES string of the molecule is O=C(NCc1ccc(F)c(F)c1)c1cc(CO)n2nccc2n1. The number of hydrogen-bond acceptors (Lipinski definition) is 4. The van der Waals surface area contributed by atoms with Crippen LogP contribution in [0.1, 0.15) is 21.7 Å². The van der Waals surface area contributed by atoms with Gasteiger partial charge in [-0.25, -0.2) is 18.3 Å². The fourth-order valence-electron chi connectivity index (χ4n) is 2.13. The summed E-state index contributed by atoms with van der Waals surface area (Å²) in [7, 11) is 0. The van der Waals surface area contributed by atoms with Gasteiger partial charge in [0.1, 0.15) is 5.69 Å². The van der Waals surface area contributed by atoms with Crippen molar-refractivity contribution in [3.8, 4) is 0 Å². The Morgan fingerprint density at radius 2 is 2.04 bits per heavy atom. The number of halogens is 2. The van der Waals surface area contributed by atoms with Crippen LogP contribution < -0.4 is 5.32 Å². The van der Waals surface area contributed by atoms with Crippen molar-refractivity contribution in [2.45, 2.75) is 13.2 Å². The molecule has 0 saturated carbocycles. The van der Waals surface area contributed by atoms with E-state index in [4.69, 9.17) is 0 Å². The van der Waals surface area contributed by atoms with Gasteiger partial charge in [0.25, 0.3) is 5.91 Å². The second-order valence-corrected chi connectivity index (χ2v) is 4.82. The molecule has 8 heteroatoms. The average molecular weight is 318 g/mol. The van der Waals surface area contributed by atoms with Crippen LogP contribution in [0.15, 0.2) is 36.5 Å². The predicted octanol–water partition coefficient (Wildman–Crippen LogP) is 1.43. The number of aliphatic hydroxyl groups is 1. The molecule has 0 saturated heterocycles. The first-order valence-electron chi connectivity index (χ1n) is 6.75. The van der Waals surface area contributed by atoms with Crippen LogP contribution in [0.25, 0.3) is 5.65 Å². The molecule has 0 aliphatic carbocycles. The smallest absolute Gasteiger partial charge is 0.270 e. The van der Waals surface area contributed by atoms with Crippen molar-refractivity contribution >= 4 is 11.6 Å².